The van der Waals surface area contributed by atoms with E-state index < -0.39 is 11.9 Å². The Hall–Kier alpha value is -2.76. The van der Waals surface area contributed by atoms with Crippen molar-refractivity contribution in [1.82, 2.24) is 5.32 Å². The minimum Gasteiger partial charge on any atom is -0.491 e. The maximum atomic E-state index is 13.4. The van der Waals surface area contributed by atoms with Crippen molar-refractivity contribution >= 4 is 40.7 Å². The lowest BCUT2D eigenvalue weighted by Crippen LogP contribution is -2.29. The lowest BCUT2D eigenvalue weighted by Gasteiger charge is -2.29. The number of Topliss-reactive ketones (excluding diaryl/α,β-unsaturated/α-hetero) is 1. The monoisotopic (exact) mass is 443 g/mol. The van der Waals surface area contributed by atoms with Crippen LogP contribution in [0.25, 0.3) is 5.70 Å². The summed E-state index contributed by atoms with van der Waals surface area (Å²) in [7, 11) is 1.31. The van der Waals surface area contributed by atoms with E-state index in [0.717, 1.165) is 5.56 Å². The number of ketones is 1. The fourth-order valence-electron chi connectivity index (χ4n) is 4.07. The van der Waals surface area contributed by atoms with Gasteiger partial charge in [0.15, 0.2) is 11.5 Å². The molecule has 1 aliphatic carbocycles. The van der Waals surface area contributed by atoms with Crippen molar-refractivity contribution in [3.8, 4) is 5.75 Å². The standard InChI is InChI=1S/C23H19Cl2NO4/c1-4-30-22-15(24)9-12(10-16(22)25)18-17(23(28)29-3)11(2)26-20-13-7-5-6-8-14(13)21(27)19(18)20/h5-10,18,26H,4H2,1-3H3/t18-/m0/s1. The maximum absolute atomic E-state index is 13.4. The van der Waals surface area contributed by atoms with Gasteiger partial charge in [-0.15, -0.1) is 0 Å². The Morgan fingerprint density at radius 3 is 2.37 bits per heavy atom. The van der Waals surface area contributed by atoms with Gasteiger partial charge in [-0.3, -0.25) is 4.79 Å². The number of nitrogens with one attached hydrogen (secondary N) is 1. The van der Waals surface area contributed by atoms with Gasteiger partial charge in [-0.25, -0.2) is 4.79 Å². The molecule has 1 aliphatic heterocycles. The number of benzene rings is 2. The van der Waals surface area contributed by atoms with Crippen LogP contribution in [-0.2, 0) is 9.53 Å². The Morgan fingerprint density at radius 2 is 1.77 bits per heavy atom. The summed E-state index contributed by atoms with van der Waals surface area (Å²) in [5.41, 5.74) is 4.11. The zero-order chi connectivity index (χ0) is 21.6. The van der Waals surface area contributed by atoms with Crippen LogP contribution in [-0.4, -0.2) is 25.5 Å². The van der Waals surface area contributed by atoms with Gasteiger partial charge in [-0.2, -0.15) is 0 Å². The number of hydrogen-bond acceptors (Lipinski definition) is 5. The molecule has 30 heavy (non-hydrogen) atoms. The van der Waals surface area contributed by atoms with Crippen LogP contribution in [0.15, 0.2) is 53.2 Å². The molecule has 1 atom stereocenters. The molecule has 154 valence electrons. The smallest absolute Gasteiger partial charge is 0.336 e. The van der Waals surface area contributed by atoms with Crippen LogP contribution in [0.1, 0.15) is 41.3 Å². The average molecular weight is 444 g/mol. The molecular weight excluding hydrogens is 425 g/mol. The molecule has 1 N–H and O–H groups in total. The fraction of sp³-hybridized carbons (Fsp3) is 0.217. The zero-order valence-corrected chi connectivity index (χ0v) is 18.1. The third-order valence-electron chi connectivity index (χ3n) is 5.30. The van der Waals surface area contributed by atoms with E-state index >= 15 is 0 Å². The molecule has 1 heterocycles. The highest BCUT2D eigenvalue weighted by Crippen LogP contribution is 2.48. The Balaban J connectivity index is 1.95. The summed E-state index contributed by atoms with van der Waals surface area (Å²) in [6.45, 7) is 4.02. The van der Waals surface area contributed by atoms with Crippen molar-refractivity contribution in [2.75, 3.05) is 13.7 Å². The van der Waals surface area contributed by atoms with Crippen molar-refractivity contribution in [2.24, 2.45) is 0 Å². The first-order chi connectivity index (χ1) is 14.4. The van der Waals surface area contributed by atoms with E-state index in [1.54, 1.807) is 25.1 Å². The molecule has 2 aromatic rings. The Morgan fingerprint density at radius 1 is 1.13 bits per heavy atom. The van der Waals surface area contributed by atoms with Gasteiger partial charge in [-0.1, -0.05) is 47.5 Å². The van der Waals surface area contributed by atoms with Crippen LogP contribution in [0.3, 0.4) is 0 Å². The normalized spacial score (nSPS) is 17.5. The van der Waals surface area contributed by atoms with Gasteiger partial charge in [0, 0.05) is 28.3 Å². The van der Waals surface area contributed by atoms with Gasteiger partial charge in [0.25, 0.3) is 0 Å². The minimum atomic E-state index is -0.681. The minimum absolute atomic E-state index is 0.145. The molecule has 0 fully saturated rings. The Labute approximate surface area is 184 Å². The van der Waals surface area contributed by atoms with E-state index in [4.69, 9.17) is 32.7 Å². The van der Waals surface area contributed by atoms with Gasteiger partial charge < -0.3 is 14.8 Å². The lowest BCUT2D eigenvalue weighted by atomic mass is 9.80. The number of carbonyl (C=O) groups excluding carboxylic acids is 2. The number of rotatable bonds is 4. The fourth-order valence-corrected chi connectivity index (χ4v) is 4.68. The van der Waals surface area contributed by atoms with Gasteiger partial charge >= 0.3 is 5.97 Å². The highest BCUT2D eigenvalue weighted by molar-refractivity contribution is 6.37. The van der Waals surface area contributed by atoms with Crippen molar-refractivity contribution in [3.05, 3.63) is 80.0 Å². The van der Waals surface area contributed by atoms with Crippen LogP contribution in [0, 0.1) is 0 Å². The zero-order valence-electron chi connectivity index (χ0n) is 16.6. The van der Waals surface area contributed by atoms with Gasteiger partial charge in [-0.05, 0) is 31.5 Å². The molecule has 0 bridgehead atoms. The largest absolute Gasteiger partial charge is 0.491 e. The Bertz CT molecular complexity index is 1130. The van der Waals surface area contributed by atoms with E-state index in [9.17, 15) is 9.59 Å². The number of fused-ring (bicyclic) bond motifs is 2. The molecule has 4 rings (SSSR count). The molecule has 0 amide bonds. The number of dihydropyridines is 1. The summed E-state index contributed by atoms with van der Waals surface area (Å²) >= 11 is 12.9. The highest BCUT2D eigenvalue weighted by Gasteiger charge is 2.43. The molecule has 5 nitrogen and oxygen atoms in total. The summed E-state index contributed by atoms with van der Waals surface area (Å²) in [4.78, 5) is 26.1. The third-order valence-corrected chi connectivity index (χ3v) is 5.86. The van der Waals surface area contributed by atoms with E-state index in [-0.39, 0.29) is 5.78 Å². The number of hydrogen-bond donors (Lipinski definition) is 1. The summed E-state index contributed by atoms with van der Waals surface area (Å²) in [6.07, 6.45) is 0. The van der Waals surface area contributed by atoms with E-state index in [1.807, 2.05) is 25.1 Å². The van der Waals surface area contributed by atoms with Crippen molar-refractivity contribution in [1.29, 1.82) is 0 Å². The summed E-state index contributed by atoms with van der Waals surface area (Å²) < 4.78 is 10.6. The SMILES string of the molecule is CCOc1c(Cl)cc([C@H]2C(C(=O)OC)=C(C)NC3=C2C(=O)c2ccccc23)cc1Cl. The number of esters is 1. The quantitative estimate of drug-likeness (QED) is 0.663. The van der Waals surface area contributed by atoms with Crippen LogP contribution >= 0.6 is 23.2 Å². The summed E-state index contributed by atoms with van der Waals surface area (Å²) in [6, 6.07) is 10.7. The molecule has 0 saturated carbocycles. The predicted molar refractivity (Wildman–Crippen MR) is 116 cm³/mol. The second kappa shape index (κ2) is 7.82. The molecule has 0 aromatic heterocycles. The van der Waals surface area contributed by atoms with E-state index in [0.29, 0.717) is 56.1 Å². The first-order valence-corrected chi connectivity index (χ1v) is 10.2. The van der Waals surface area contributed by atoms with Crippen LogP contribution in [0.4, 0.5) is 0 Å². The molecule has 0 spiro atoms. The number of halogens is 2. The number of ether oxygens (including phenoxy) is 2. The van der Waals surface area contributed by atoms with Crippen molar-refractivity contribution in [3.63, 3.8) is 0 Å². The summed E-state index contributed by atoms with van der Waals surface area (Å²) in [5.74, 6) is -0.983. The molecule has 2 aromatic carbocycles. The Kier molecular flexibility index (Phi) is 5.35. The first-order valence-electron chi connectivity index (χ1n) is 9.45. The molecule has 2 aliphatic rings. The third kappa shape index (κ3) is 3.09. The number of methoxy groups -OCH3 is 1. The van der Waals surface area contributed by atoms with Gasteiger partial charge in [0.05, 0.1) is 35.0 Å². The van der Waals surface area contributed by atoms with Gasteiger partial charge in [0.2, 0.25) is 0 Å². The maximum Gasteiger partial charge on any atom is 0.336 e. The summed E-state index contributed by atoms with van der Waals surface area (Å²) in [5, 5.41) is 3.86. The van der Waals surface area contributed by atoms with Crippen LogP contribution in [0.5, 0.6) is 5.75 Å². The van der Waals surface area contributed by atoms with E-state index in [2.05, 4.69) is 5.32 Å². The van der Waals surface area contributed by atoms with E-state index in [1.165, 1.54) is 7.11 Å². The average Bonchev–Trinajstić information content (AvgIpc) is 3.01. The number of carbonyl (C=O) groups is 2. The van der Waals surface area contributed by atoms with Crippen LogP contribution in [0.2, 0.25) is 10.0 Å². The van der Waals surface area contributed by atoms with Crippen molar-refractivity contribution in [2.45, 2.75) is 19.8 Å². The molecule has 0 saturated heterocycles. The van der Waals surface area contributed by atoms with Crippen LogP contribution < -0.4 is 10.1 Å². The first kappa shape index (κ1) is 20.5. The molecule has 7 heteroatoms. The highest BCUT2D eigenvalue weighted by atomic mass is 35.5. The predicted octanol–water partition coefficient (Wildman–Crippen LogP) is 5.13. The lowest BCUT2D eigenvalue weighted by molar-refractivity contribution is -0.136. The molecule has 0 unspecified atom stereocenters. The second-order valence-electron chi connectivity index (χ2n) is 7.00. The van der Waals surface area contributed by atoms with Gasteiger partial charge in [0.1, 0.15) is 0 Å². The number of allylic oxidation sites excluding steroid dienone is 2. The second-order valence-corrected chi connectivity index (χ2v) is 7.81. The topological polar surface area (TPSA) is 64.6 Å². The molecular formula is C23H19Cl2NO4. The molecule has 0 radical (unpaired) electrons. The van der Waals surface area contributed by atoms with Crippen molar-refractivity contribution < 1.29 is 19.1 Å².